The second-order valence-corrected chi connectivity index (χ2v) is 4.73. The maximum atomic E-state index is 12.2. The molecular formula is C15H24N2O2. The summed E-state index contributed by atoms with van der Waals surface area (Å²) in [6, 6.07) is 7.70. The van der Waals surface area contributed by atoms with Crippen LogP contribution in [0.3, 0.4) is 0 Å². The van der Waals surface area contributed by atoms with Gasteiger partial charge in [0, 0.05) is 26.8 Å². The molecule has 0 spiro atoms. The Balaban J connectivity index is 2.64. The molecule has 1 aromatic rings. The van der Waals surface area contributed by atoms with E-state index in [-0.39, 0.29) is 5.91 Å². The molecule has 106 valence electrons. The molecule has 0 aliphatic heterocycles. The van der Waals surface area contributed by atoms with E-state index in [1.54, 1.807) is 12.0 Å². The lowest BCUT2D eigenvalue weighted by Gasteiger charge is -2.24. The van der Waals surface area contributed by atoms with E-state index in [9.17, 15) is 4.79 Å². The Kier molecular flexibility index (Phi) is 6.53. The van der Waals surface area contributed by atoms with Gasteiger partial charge in [-0.3, -0.25) is 4.79 Å². The first-order valence-corrected chi connectivity index (χ1v) is 6.67. The van der Waals surface area contributed by atoms with Gasteiger partial charge in [-0.05, 0) is 25.8 Å². The molecule has 0 aliphatic rings. The molecule has 0 bridgehead atoms. The molecular weight excluding hydrogens is 240 g/mol. The van der Waals surface area contributed by atoms with E-state index in [0.29, 0.717) is 26.1 Å². The quantitative estimate of drug-likeness (QED) is 0.815. The lowest BCUT2D eigenvalue weighted by Crippen LogP contribution is -2.43. The summed E-state index contributed by atoms with van der Waals surface area (Å²) in [5.74, 6) is -0.0129. The number of amides is 1. The van der Waals surface area contributed by atoms with E-state index >= 15 is 0 Å². The van der Waals surface area contributed by atoms with Crippen molar-refractivity contribution < 1.29 is 9.53 Å². The largest absolute Gasteiger partial charge is 0.385 e. The zero-order chi connectivity index (χ0) is 14.3. The first kappa shape index (κ1) is 15.7. The number of carbonyl (C=O) groups is 1. The van der Waals surface area contributed by atoms with Crippen LogP contribution in [0.5, 0.6) is 0 Å². The topological polar surface area (TPSA) is 55.6 Å². The third-order valence-electron chi connectivity index (χ3n) is 3.10. The Bertz CT molecular complexity index is 407. The molecule has 1 rings (SSSR count). The molecule has 0 saturated heterocycles. The van der Waals surface area contributed by atoms with Gasteiger partial charge in [-0.25, -0.2) is 0 Å². The fourth-order valence-electron chi connectivity index (χ4n) is 1.98. The minimum Gasteiger partial charge on any atom is -0.385 e. The lowest BCUT2D eigenvalue weighted by atomic mass is 10.1. The number of nitrogens with zero attached hydrogens (tertiary/aromatic N) is 1. The van der Waals surface area contributed by atoms with Gasteiger partial charge in [-0.2, -0.15) is 0 Å². The minimum atomic E-state index is -0.482. The van der Waals surface area contributed by atoms with Crippen molar-refractivity contribution in [1.82, 2.24) is 4.90 Å². The molecule has 0 saturated carbocycles. The number of nitrogens with two attached hydrogens (primary N) is 1. The van der Waals surface area contributed by atoms with Crippen LogP contribution in [0.2, 0.25) is 0 Å². The van der Waals surface area contributed by atoms with E-state index in [2.05, 4.69) is 6.07 Å². The summed E-state index contributed by atoms with van der Waals surface area (Å²) in [5, 5.41) is 0. The lowest BCUT2D eigenvalue weighted by molar-refractivity contribution is -0.133. The smallest absolute Gasteiger partial charge is 0.239 e. The maximum Gasteiger partial charge on any atom is 0.239 e. The van der Waals surface area contributed by atoms with Crippen molar-refractivity contribution in [3.05, 3.63) is 35.4 Å². The van der Waals surface area contributed by atoms with Crippen LogP contribution in [0.1, 0.15) is 24.5 Å². The van der Waals surface area contributed by atoms with Gasteiger partial charge in [0.05, 0.1) is 6.04 Å². The van der Waals surface area contributed by atoms with Gasteiger partial charge in [0.2, 0.25) is 5.91 Å². The molecule has 0 fully saturated rings. The molecule has 2 N–H and O–H groups in total. The predicted molar refractivity (Wildman–Crippen MR) is 76.7 cm³/mol. The van der Waals surface area contributed by atoms with Gasteiger partial charge in [-0.15, -0.1) is 0 Å². The molecule has 1 atom stereocenters. The summed E-state index contributed by atoms with van der Waals surface area (Å²) < 4.78 is 4.96. The predicted octanol–water partition coefficient (Wildman–Crippen LogP) is 1.71. The molecule has 1 amide bonds. The van der Waals surface area contributed by atoms with Crippen LogP contribution in [0.25, 0.3) is 0 Å². The number of hydrogen-bond donors (Lipinski definition) is 1. The molecule has 4 heteroatoms. The number of ether oxygens (including phenoxy) is 1. The third kappa shape index (κ3) is 5.01. The van der Waals surface area contributed by atoms with E-state index in [1.807, 2.05) is 32.0 Å². The van der Waals surface area contributed by atoms with Crippen LogP contribution in [0, 0.1) is 6.92 Å². The SMILES string of the molecule is CCN(Cc1cccc(C)c1)C(=O)C(N)CCOC. The van der Waals surface area contributed by atoms with Crippen LogP contribution in [0.15, 0.2) is 24.3 Å². The molecule has 4 nitrogen and oxygen atoms in total. The average molecular weight is 264 g/mol. The van der Waals surface area contributed by atoms with Gasteiger partial charge in [-0.1, -0.05) is 29.8 Å². The average Bonchev–Trinajstić information content (AvgIpc) is 2.41. The number of aryl methyl sites for hydroxylation is 1. The molecule has 0 aliphatic carbocycles. The highest BCUT2D eigenvalue weighted by molar-refractivity contribution is 5.81. The number of rotatable bonds is 7. The first-order valence-electron chi connectivity index (χ1n) is 6.67. The van der Waals surface area contributed by atoms with Crippen LogP contribution in [0.4, 0.5) is 0 Å². The summed E-state index contributed by atoms with van der Waals surface area (Å²) in [4.78, 5) is 14.0. The molecule has 1 aromatic carbocycles. The highest BCUT2D eigenvalue weighted by Crippen LogP contribution is 2.09. The Morgan fingerprint density at radius 3 is 2.79 bits per heavy atom. The van der Waals surface area contributed by atoms with Crippen molar-refractivity contribution in [2.24, 2.45) is 5.73 Å². The first-order chi connectivity index (χ1) is 9.08. The van der Waals surface area contributed by atoms with Gasteiger partial charge < -0.3 is 15.4 Å². The van der Waals surface area contributed by atoms with Crippen molar-refractivity contribution >= 4 is 5.91 Å². The normalized spacial score (nSPS) is 12.2. The summed E-state index contributed by atoms with van der Waals surface area (Å²) >= 11 is 0. The van der Waals surface area contributed by atoms with Crippen molar-refractivity contribution in [1.29, 1.82) is 0 Å². The highest BCUT2D eigenvalue weighted by Gasteiger charge is 2.19. The zero-order valence-corrected chi connectivity index (χ0v) is 12.1. The van der Waals surface area contributed by atoms with Crippen LogP contribution in [-0.4, -0.2) is 37.1 Å². The van der Waals surface area contributed by atoms with E-state index in [0.717, 1.165) is 5.56 Å². The fourth-order valence-corrected chi connectivity index (χ4v) is 1.98. The van der Waals surface area contributed by atoms with Crippen molar-refractivity contribution in [3.8, 4) is 0 Å². The second kappa shape index (κ2) is 7.92. The number of carbonyl (C=O) groups excluding carboxylic acids is 1. The Hall–Kier alpha value is -1.39. The molecule has 0 radical (unpaired) electrons. The minimum absolute atomic E-state index is 0.0129. The van der Waals surface area contributed by atoms with Gasteiger partial charge in [0.15, 0.2) is 0 Å². The number of benzene rings is 1. The highest BCUT2D eigenvalue weighted by atomic mass is 16.5. The Labute approximate surface area is 115 Å². The van der Waals surface area contributed by atoms with Crippen LogP contribution in [-0.2, 0) is 16.1 Å². The summed E-state index contributed by atoms with van der Waals surface area (Å²) in [6.45, 7) is 5.79. The molecule has 0 aromatic heterocycles. The Morgan fingerprint density at radius 2 is 2.21 bits per heavy atom. The van der Waals surface area contributed by atoms with Gasteiger partial charge >= 0.3 is 0 Å². The molecule has 1 unspecified atom stereocenters. The number of likely N-dealkylation sites (N-methyl/N-ethyl adjacent to an activating group) is 1. The standard InChI is InChI=1S/C15H24N2O2/c1-4-17(15(18)14(16)8-9-19-3)11-13-7-5-6-12(2)10-13/h5-7,10,14H,4,8-9,11,16H2,1-3H3. The van der Waals surface area contributed by atoms with Gasteiger partial charge in [0.1, 0.15) is 0 Å². The zero-order valence-electron chi connectivity index (χ0n) is 12.1. The van der Waals surface area contributed by atoms with Crippen molar-refractivity contribution in [2.45, 2.75) is 32.9 Å². The second-order valence-electron chi connectivity index (χ2n) is 4.73. The van der Waals surface area contributed by atoms with E-state index < -0.39 is 6.04 Å². The molecule has 0 heterocycles. The monoisotopic (exact) mass is 264 g/mol. The summed E-state index contributed by atoms with van der Waals surface area (Å²) in [5.41, 5.74) is 8.22. The summed E-state index contributed by atoms with van der Waals surface area (Å²) in [6.07, 6.45) is 0.555. The fraction of sp³-hybridized carbons (Fsp3) is 0.533. The maximum absolute atomic E-state index is 12.2. The van der Waals surface area contributed by atoms with Crippen molar-refractivity contribution in [3.63, 3.8) is 0 Å². The van der Waals surface area contributed by atoms with Crippen LogP contribution < -0.4 is 5.73 Å². The Morgan fingerprint density at radius 1 is 1.47 bits per heavy atom. The van der Waals surface area contributed by atoms with Crippen LogP contribution >= 0.6 is 0 Å². The summed E-state index contributed by atoms with van der Waals surface area (Å²) in [7, 11) is 1.61. The van der Waals surface area contributed by atoms with Gasteiger partial charge in [0.25, 0.3) is 0 Å². The van der Waals surface area contributed by atoms with E-state index in [1.165, 1.54) is 5.56 Å². The third-order valence-corrected chi connectivity index (χ3v) is 3.10. The number of methoxy groups -OCH3 is 1. The van der Waals surface area contributed by atoms with E-state index in [4.69, 9.17) is 10.5 Å². The van der Waals surface area contributed by atoms with Crippen molar-refractivity contribution in [2.75, 3.05) is 20.3 Å². The molecule has 19 heavy (non-hydrogen) atoms. The number of hydrogen-bond acceptors (Lipinski definition) is 3.